The Kier molecular flexibility index (Phi) is 9.42. The molecule has 0 amide bonds. The lowest BCUT2D eigenvalue weighted by Gasteiger charge is -2.18. The molecular weight excluding hydrogens is 172 g/mol. The summed E-state index contributed by atoms with van der Waals surface area (Å²) in [4.78, 5) is 2.38. The lowest BCUT2D eigenvalue weighted by molar-refractivity contribution is 0.328. The molecule has 14 heavy (non-hydrogen) atoms. The smallest absolute Gasteiger partial charge is 0.00649 e. The summed E-state index contributed by atoms with van der Waals surface area (Å²) in [5, 5.41) is 3.59. The maximum atomic E-state index is 3.59. The minimum atomic E-state index is 0.736. The maximum Gasteiger partial charge on any atom is 0.00649 e. The second-order valence-corrected chi connectivity index (χ2v) is 4.10. The lowest BCUT2D eigenvalue weighted by Crippen LogP contribution is -2.30. The fourth-order valence-electron chi connectivity index (χ4n) is 1.56. The molecule has 0 saturated carbocycles. The molecule has 0 aliphatic rings. The first-order valence-corrected chi connectivity index (χ1v) is 6.16. The van der Waals surface area contributed by atoms with E-state index in [-0.39, 0.29) is 0 Å². The van der Waals surface area contributed by atoms with Crippen LogP contribution in [0.2, 0.25) is 0 Å². The van der Waals surface area contributed by atoms with Crippen LogP contribution in [-0.2, 0) is 0 Å². The predicted molar refractivity (Wildman–Crippen MR) is 64.8 cm³/mol. The van der Waals surface area contributed by atoms with Gasteiger partial charge in [0.2, 0.25) is 0 Å². The average Bonchev–Trinajstić information content (AvgIpc) is 2.22. The fourth-order valence-corrected chi connectivity index (χ4v) is 1.56. The second-order valence-electron chi connectivity index (χ2n) is 4.10. The summed E-state index contributed by atoms with van der Waals surface area (Å²) < 4.78 is 0. The van der Waals surface area contributed by atoms with Crippen molar-refractivity contribution in [3.05, 3.63) is 0 Å². The second kappa shape index (κ2) is 9.47. The van der Waals surface area contributed by atoms with Crippen molar-refractivity contribution < 1.29 is 0 Å². The van der Waals surface area contributed by atoms with Gasteiger partial charge in [-0.25, -0.2) is 0 Å². The van der Waals surface area contributed by atoms with Crippen LogP contribution >= 0.6 is 0 Å². The van der Waals surface area contributed by atoms with Crippen molar-refractivity contribution >= 4 is 0 Å². The van der Waals surface area contributed by atoms with Crippen molar-refractivity contribution in [1.29, 1.82) is 0 Å². The van der Waals surface area contributed by atoms with E-state index in [1.165, 1.54) is 45.3 Å². The van der Waals surface area contributed by atoms with E-state index in [9.17, 15) is 0 Å². The van der Waals surface area contributed by atoms with Crippen molar-refractivity contribution in [2.75, 3.05) is 26.7 Å². The number of hydrogen-bond acceptors (Lipinski definition) is 2. The Balaban J connectivity index is 3.42. The third kappa shape index (κ3) is 7.34. The number of nitrogens with zero attached hydrogens (tertiary/aromatic N) is 1. The fraction of sp³-hybridized carbons (Fsp3) is 1.00. The Labute approximate surface area is 90.1 Å². The Bertz CT molecular complexity index is 115. The van der Waals surface area contributed by atoms with E-state index in [1.807, 2.05) is 0 Å². The van der Waals surface area contributed by atoms with Gasteiger partial charge in [0, 0.05) is 6.04 Å². The Morgan fingerprint density at radius 2 is 1.93 bits per heavy atom. The molecule has 0 aromatic carbocycles. The molecule has 86 valence electrons. The highest BCUT2D eigenvalue weighted by molar-refractivity contribution is 4.65. The molecular formula is C12H28N2. The van der Waals surface area contributed by atoms with Gasteiger partial charge in [0.05, 0.1) is 0 Å². The first-order chi connectivity index (χ1) is 6.74. The molecule has 2 nitrogen and oxygen atoms in total. The SMILES string of the molecule is CCCNC(CC)CCCN(C)CC. The lowest BCUT2D eigenvalue weighted by atomic mass is 10.1. The highest BCUT2D eigenvalue weighted by atomic mass is 15.1. The van der Waals surface area contributed by atoms with Crippen LogP contribution in [0.5, 0.6) is 0 Å². The van der Waals surface area contributed by atoms with Crippen LogP contribution in [0, 0.1) is 0 Å². The molecule has 0 aliphatic carbocycles. The van der Waals surface area contributed by atoms with Crippen LogP contribution in [0.15, 0.2) is 0 Å². The molecule has 0 aromatic heterocycles. The average molecular weight is 200 g/mol. The van der Waals surface area contributed by atoms with E-state index in [4.69, 9.17) is 0 Å². The van der Waals surface area contributed by atoms with E-state index in [0.29, 0.717) is 0 Å². The summed E-state index contributed by atoms with van der Waals surface area (Å²) in [6.45, 7) is 10.3. The van der Waals surface area contributed by atoms with Gasteiger partial charge in [-0.3, -0.25) is 0 Å². The first kappa shape index (κ1) is 13.9. The van der Waals surface area contributed by atoms with Gasteiger partial charge in [0.25, 0.3) is 0 Å². The van der Waals surface area contributed by atoms with Gasteiger partial charge in [-0.05, 0) is 52.4 Å². The zero-order valence-electron chi connectivity index (χ0n) is 10.5. The summed E-state index contributed by atoms with van der Waals surface area (Å²) in [7, 11) is 2.19. The quantitative estimate of drug-likeness (QED) is 0.615. The summed E-state index contributed by atoms with van der Waals surface area (Å²) in [6.07, 6.45) is 5.14. The molecule has 0 saturated heterocycles. The van der Waals surface area contributed by atoms with Crippen LogP contribution in [0.1, 0.15) is 46.5 Å². The molecule has 2 heteroatoms. The Morgan fingerprint density at radius 1 is 1.21 bits per heavy atom. The van der Waals surface area contributed by atoms with Gasteiger partial charge in [-0.2, -0.15) is 0 Å². The standard InChI is InChI=1S/C12H28N2/c1-5-10-13-12(6-2)9-8-11-14(4)7-3/h12-13H,5-11H2,1-4H3. The number of hydrogen-bond donors (Lipinski definition) is 1. The third-order valence-corrected chi connectivity index (χ3v) is 2.81. The molecule has 0 bridgehead atoms. The van der Waals surface area contributed by atoms with Gasteiger partial charge in [-0.1, -0.05) is 20.8 Å². The van der Waals surface area contributed by atoms with Crippen LogP contribution in [-0.4, -0.2) is 37.6 Å². The largest absolute Gasteiger partial charge is 0.314 e. The molecule has 0 radical (unpaired) electrons. The van der Waals surface area contributed by atoms with Crippen molar-refractivity contribution in [3.63, 3.8) is 0 Å². The summed E-state index contributed by atoms with van der Waals surface area (Å²) in [5.74, 6) is 0. The minimum Gasteiger partial charge on any atom is -0.314 e. The topological polar surface area (TPSA) is 15.3 Å². The van der Waals surface area contributed by atoms with Crippen LogP contribution < -0.4 is 5.32 Å². The van der Waals surface area contributed by atoms with E-state index in [1.54, 1.807) is 0 Å². The molecule has 1 N–H and O–H groups in total. The zero-order chi connectivity index (χ0) is 10.8. The van der Waals surface area contributed by atoms with Gasteiger partial charge in [0.15, 0.2) is 0 Å². The maximum absolute atomic E-state index is 3.59. The monoisotopic (exact) mass is 200 g/mol. The predicted octanol–water partition coefficient (Wildman–Crippen LogP) is 2.50. The summed E-state index contributed by atoms with van der Waals surface area (Å²) >= 11 is 0. The van der Waals surface area contributed by atoms with E-state index in [2.05, 4.69) is 38.0 Å². The van der Waals surface area contributed by atoms with E-state index >= 15 is 0 Å². The van der Waals surface area contributed by atoms with Gasteiger partial charge in [-0.15, -0.1) is 0 Å². The molecule has 0 aliphatic heterocycles. The van der Waals surface area contributed by atoms with Gasteiger partial charge in [0.1, 0.15) is 0 Å². The van der Waals surface area contributed by atoms with Crippen LogP contribution in [0.3, 0.4) is 0 Å². The van der Waals surface area contributed by atoms with Crippen molar-refractivity contribution in [3.8, 4) is 0 Å². The summed E-state index contributed by atoms with van der Waals surface area (Å²) in [5.41, 5.74) is 0. The Morgan fingerprint density at radius 3 is 2.43 bits per heavy atom. The first-order valence-electron chi connectivity index (χ1n) is 6.16. The normalized spacial score (nSPS) is 13.5. The Hall–Kier alpha value is -0.0800. The molecule has 0 spiro atoms. The van der Waals surface area contributed by atoms with Gasteiger partial charge >= 0.3 is 0 Å². The van der Waals surface area contributed by atoms with Gasteiger partial charge < -0.3 is 10.2 Å². The number of rotatable bonds is 9. The van der Waals surface area contributed by atoms with Crippen molar-refractivity contribution in [2.24, 2.45) is 0 Å². The molecule has 0 aromatic rings. The van der Waals surface area contributed by atoms with Crippen molar-refractivity contribution in [2.45, 2.75) is 52.5 Å². The number of nitrogens with one attached hydrogen (secondary N) is 1. The van der Waals surface area contributed by atoms with E-state index in [0.717, 1.165) is 6.04 Å². The van der Waals surface area contributed by atoms with Crippen LogP contribution in [0.25, 0.3) is 0 Å². The molecule has 1 atom stereocenters. The molecule has 0 rings (SSSR count). The van der Waals surface area contributed by atoms with E-state index < -0.39 is 0 Å². The highest BCUT2D eigenvalue weighted by Gasteiger charge is 2.04. The van der Waals surface area contributed by atoms with Crippen LogP contribution in [0.4, 0.5) is 0 Å². The molecule has 1 unspecified atom stereocenters. The molecule has 0 heterocycles. The minimum absolute atomic E-state index is 0.736. The zero-order valence-corrected chi connectivity index (χ0v) is 10.5. The third-order valence-electron chi connectivity index (χ3n) is 2.81. The highest BCUT2D eigenvalue weighted by Crippen LogP contribution is 2.02. The van der Waals surface area contributed by atoms with Crippen molar-refractivity contribution in [1.82, 2.24) is 10.2 Å². The molecule has 0 fully saturated rings. The summed E-state index contributed by atoms with van der Waals surface area (Å²) in [6, 6.07) is 0.736.